The maximum Gasteiger partial charge on any atom is 0.262 e. The van der Waals surface area contributed by atoms with Gasteiger partial charge in [0.05, 0.1) is 5.02 Å². The van der Waals surface area contributed by atoms with Crippen LogP contribution in [0.3, 0.4) is 0 Å². The van der Waals surface area contributed by atoms with E-state index in [4.69, 9.17) is 16.3 Å². The van der Waals surface area contributed by atoms with E-state index >= 15 is 0 Å². The van der Waals surface area contributed by atoms with E-state index in [9.17, 15) is 4.79 Å². The Morgan fingerprint density at radius 2 is 1.54 bits per heavy atom. The fourth-order valence-electron chi connectivity index (χ4n) is 2.35. The zero-order chi connectivity index (χ0) is 16.8. The molecule has 0 saturated carbocycles. The van der Waals surface area contributed by atoms with Crippen LogP contribution in [-0.4, -0.2) is 12.5 Å². The van der Waals surface area contributed by atoms with Gasteiger partial charge in [0, 0.05) is 11.3 Å². The third-order valence-corrected chi connectivity index (χ3v) is 3.79. The highest BCUT2D eigenvalue weighted by Gasteiger charge is 2.09. The molecule has 120 valence electrons. The highest BCUT2D eigenvalue weighted by Crippen LogP contribution is 2.27. The van der Waals surface area contributed by atoms with Crippen molar-refractivity contribution >= 4 is 23.2 Å². The first kappa shape index (κ1) is 16.1. The summed E-state index contributed by atoms with van der Waals surface area (Å²) >= 11 is 6.02. The number of para-hydroxylation sites is 2. The van der Waals surface area contributed by atoms with Gasteiger partial charge in [-0.25, -0.2) is 0 Å². The molecule has 0 aliphatic carbocycles. The molecule has 0 radical (unpaired) electrons. The molecule has 3 aromatic carbocycles. The van der Waals surface area contributed by atoms with Crippen molar-refractivity contribution in [3.8, 4) is 16.9 Å². The van der Waals surface area contributed by atoms with Crippen molar-refractivity contribution in [2.75, 3.05) is 11.9 Å². The minimum Gasteiger partial charge on any atom is -0.482 e. The Labute approximate surface area is 145 Å². The van der Waals surface area contributed by atoms with Crippen LogP contribution < -0.4 is 10.1 Å². The average Bonchev–Trinajstić information content (AvgIpc) is 2.62. The van der Waals surface area contributed by atoms with Gasteiger partial charge in [-0.15, -0.1) is 0 Å². The van der Waals surface area contributed by atoms with Crippen LogP contribution >= 0.6 is 11.6 Å². The number of rotatable bonds is 5. The van der Waals surface area contributed by atoms with Crippen molar-refractivity contribution in [2.24, 2.45) is 0 Å². The number of halogens is 1. The number of carbonyl (C=O) groups is 1. The summed E-state index contributed by atoms with van der Waals surface area (Å²) in [5.74, 6) is 0.254. The van der Waals surface area contributed by atoms with Crippen molar-refractivity contribution in [3.05, 3.63) is 83.9 Å². The highest BCUT2D eigenvalue weighted by molar-refractivity contribution is 6.32. The fourth-order valence-corrected chi connectivity index (χ4v) is 2.54. The van der Waals surface area contributed by atoms with Crippen LogP contribution in [0.5, 0.6) is 5.75 Å². The first-order valence-electron chi connectivity index (χ1n) is 7.55. The molecule has 24 heavy (non-hydrogen) atoms. The van der Waals surface area contributed by atoms with E-state index in [2.05, 4.69) is 5.32 Å². The Morgan fingerprint density at radius 1 is 0.875 bits per heavy atom. The summed E-state index contributed by atoms with van der Waals surface area (Å²) in [7, 11) is 0. The quantitative estimate of drug-likeness (QED) is 0.709. The van der Waals surface area contributed by atoms with E-state index in [1.54, 1.807) is 12.1 Å². The number of hydrogen-bond acceptors (Lipinski definition) is 2. The molecule has 3 rings (SSSR count). The second-order valence-electron chi connectivity index (χ2n) is 5.18. The number of anilines is 1. The maximum absolute atomic E-state index is 12.2. The topological polar surface area (TPSA) is 38.3 Å². The van der Waals surface area contributed by atoms with Crippen molar-refractivity contribution in [3.63, 3.8) is 0 Å². The van der Waals surface area contributed by atoms with Crippen molar-refractivity contribution < 1.29 is 9.53 Å². The second-order valence-corrected chi connectivity index (χ2v) is 5.59. The van der Waals surface area contributed by atoms with Crippen LogP contribution in [-0.2, 0) is 4.79 Å². The summed E-state index contributed by atoms with van der Waals surface area (Å²) in [6.07, 6.45) is 0. The Kier molecular flexibility index (Phi) is 5.14. The molecule has 0 aliphatic rings. The van der Waals surface area contributed by atoms with Gasteiger partial charge in [0.15, 0.2) is 6.61 Å². The summed E-state index contributed by atoms with van der Waals surface area (Å²) in [5.41, 5.74) is 2.75. The minimum absolute atomic E-state index is 0.104. The van der Waals surface area contributed by atoms with Crippen LogP contribution in [0.2, 0.25) is 5.02 Å². The van der Waals surface area contributed by atoms with E-state index in [0.717, 1.165) is 16.8 Å². The predicted molar refractivity (Wildman–Crippen MR) is 97.5 cm³/mol. The normalized spacial score (nSPS) is 10.2. The molecular weight excluding hydrogens is 322 g/mol. The summed E-state index contributed by atoms with van der Waals surface area (Å²) in [5, 5.41) is 3.37. The number of carbonyl (C=O) groups excluding carboxylic acids is 1. The van der Waals surface area contributed by atoms with Gasteiger partial charge in [0.1, 0.15) is 5.75 Å². The Hall–Kier alpha value is -2.78. The number of ether oxygens (including phenoxy) is 1. The summed E-state index contributed by atoms with van der Waals surface area (Å²) < 4.78 is 5.47. The zero-order valence-electron chi connectivity index (χ0n) is 12.9. The van der Waals surface area contributed by atoms with E-state index in [1.807, 2.05) is 66.7 Å². The molecule has 0 heterocycles. The summed E-state index contributed by atoms with van der Waals surface area (Å²) in [6, 6.07) is 24.6. The molecular formula is C20H16ClNO2. The standard InChI is InChI=1S/C20H16ClNO2/c21-17-11-5-7-13-19(17)24-14-20(23)22-18-12-6-4-10-16(18)15-8-2-1-3-9-15/h1-13H,14H2,(H,22,23). The van der Waals surface area contributed by atoms with E-state index < -0.39 is 0 Å². The van der Waals surface area contributed by atoms with E-state index in [1.165, 1.54) is 0 Å². The summed E-state index contributed by atoms with van der Waals surface area (Å²) in [6.45, 7) is -0.104. The Morgan fingerprint density at radius 3 is 2.33 bits per heavy atom. The molecule has 3 nitrogen and oxygen atoms in total. The first-order chi connectivity index (χ1) is 11.7. The third-order valence-electron chi connectivity index (χ3n) is 3.48. The fraction of sp³-hybridized carbons (Fsp3) is 0.0500. The molecule has 3 aromatic rings. The average molecular weight is 338 g/mol. The van der Waals surface area contributed by atoms with Crippen molar-refractivity contribution in [1.29, 1.82) is 0 Å². The lowest BCUT2D eigenvalue weighted by Gasteiger charge is -2.12. The van der Waals surface area contributed by atoms with Crippen molar-refractivity contribution in [1.82, 2.24) is 0 Å². The lowest BCUT2D eigenvalue weighted by atomic mass is 10.0. The lowest BCUT2D eigenvalue weighted by Crippen LogP contribution is -2.20. The molecule has 4 heteroatoms. The van der Waals surface area contributed by atoms with Gasteiger partial charge in [-0.2, -0.15) is 0 Å². The van der Waals surface area contributed by atoms with E-state index in [0.29, 0.717) is 10.8 Å². The largest absolute Gasteiger partial charge is 0.482 e. The number of nitrogens with one attached hydrogen (secondary N) is 1. The second kappa shape index (κ2) is 7.66. The minimum atomic E-state index is -0.238. The van der Waals surface area contributed by atoms with Gasteiger partial charge in [-0.05, 0) is 23.8 Å². The molecule has 0 fully saturated rings. The van der Waals surface area contributed by atoms with Crippen molar-refractivity contribution in [2.45, 2.75) is 0 Å². The number of amides is 1. The molecule has 0 saturated heterocycles. The Balaban J connectivity index is 1.70. The van der Waals surface area contributed by atoms with Crippen LogP contribution in [0.15, 0.2) is 78.9 Å². The molecule has 0 aliphatic heterocycles. The zero-order valence-corrected chi connectivity index (χ0v) is 13.7. The van der Waals surface area contributed by atoms with Crippen LogP contribution in [0.4, 0.5) is 5.69 Å². The molecule has 1 amide bonds. The van der Waals surface area contributed by atoms with Gasteiger partial charge in [0.2, 0.25) is 0 Å². The molecule has 0 aromatic heterocycles. The Bertz CT molecular complexity index is 834. The molecule has 0 bridgehead atoms. The van der Waals surface area contributed by atoms with Gasteiger partial charge in [0.25, 0.3) is 5.91 Å². The molecule has 0 spiro atoms. The van der Waals surface area contributed by atoms with Gasteiger partial charge in [-0.3, -0.25) is 4.79 Å². The van der Waals surface area contributed by atoms with Crippen LogP contribution in [0.1, 0.15) is 0 Å². The number of hydrogen-bond donors (Lipinski definition) is 1. The maximum atomic E-state index is 12.2. The molecule has 1 N–H and O–H groups in total. The van der Waals surface area contributed by atoms with Crippen LogP contribution in [0, 0.1) is 0 Å². The summed E-state index contributed by atoms with van der Waals surface area (Å²) in [4.78, 5) is 12.2. The SMILES string of the molecule is O=C(COc1ccccc1Cl)Nc1ccccc1-c1ccccc1. The smallest absolute Gasteiger partial charge is 0.262 e. The van der Waals surface area contributed by atoms with Gasteiger partial charge in [-0.1, -0.05) is 72.3 Å². The molecule has 0 unspecified atom stereocenters. The van der Waals surface area contributed by atoms with E-state index in [-0.39, 0.29) is 12.5 Å². The molecule has 0 atom stereocenters. The monoisotopic (exact) mass is 337 g/mol. The van der Waals surface area contributed by atoms with Gasteiger partial charge >= 0.3 is 0 Å². The number of benzene rings is 3. The van der Waals surface area contributed by atoms with Gasteiger partial charge < -0.3 is 10.1 Å². The first-order valence-corrected chi connectivity index (χ1v) is 7.93. The van der Waals surface area contributed by atoms with Crippen LogP contribution in [0.25, 0.3) is 11.1 Å². The lowest BCUT2D eigenvalue weighted by molar-refractivity contribution is -0.118. The third kappa shape index (κ3) is 3.94. The highest BCUT2D eigenvalue weighted by atomic mass is 35.5. The predicted octanol–water partition coefficient (Wildman–Crippen LogP) is 5.02.